The van der Waals surface area contributed by atoms with Crippen molar-refractivity contribution in [2.75, 3.05) is 7.11 Å². The SMILES string of the molecule is COC(=O)c1nc(-c2ccc(OC(F)(F)F)cc2)no1. The van der Waals surface area contributed by atoms with Crippen LogP contribution in [0.2, 0.25) is 0 Å². The molecule has 1 aromatic carbocycles. The lowest BCUT2D eigenvalue weighted by molar-refractivity contribution is -0.274. The van der Waals surface area contributed by atoms with E-state index in [1.54, 1.807) is 0 Å². The molecule has 2 rings (SSSR count). The van der Waals surface area contributed by atoms with Gasteiger partial charge in [-0.25, -0.2) is 4.79 Å². The van der Waals surface area contributed by atoms with Crippen molar-refractivity contribution in [2.24, 2.45) is 0 Å². The monoisotopic (exact) mass is 288 g/mol. The summed E-state index contributed by atoms with van der Waals surface area (Å²) in [7, 11) is 1.15. The van der Waals surface area contributed by atoms with Gasteiger partial charge in [0.2, 0.25) is 5.82 Å². The zero-order valence-corrected chi connectivity index (χ0v) is 9.97. The van der Waals surface area contributed by atoms with Crippen LogP contribution in [0.1, 0.15) is 10.7 Å². The summed E-state index contributed by atoms with van der Waals surface area (Å²) >= 11 is 0. The molecule has 0 unspecified atom stereocenters. The first kappa shape index (κ1) is 13.8. The van der Waals surface area contributed by atoms with Crippen molar-refractivity contribution in [1.29, 1.82) is 0 Å². The number of alkyl halides is 3. The minimum Gasteiger partial charge on any atom is -0.462 e. The number of aromatic nitrogens is 2. The Morgan fingerprint density at radius 1 is 1.25 bits per heavy atom. The summed E-state index contributed by atoms with van der Waals surface area (Å²) in [5.41, 5.74) is 0.360. The molecule has 1 aromatic heterocycles. The Morgan fingerprint density at radius 3 is 2.45 bits per heavy atom. The summed E-state index contributed by atoms with van der Waals surface area (Å²) in [6, 6.07) is 4.79. The molecule has 9 heteroatoms. The molecule has 0 aliphatic heterocycles. The molecule has 106 valence electrons. The molecule has 1 heterocycles. The number of nitrogens with zero attached hydrogens (tertiary/aromatic N) is 2. The number of methoxy groups -OCH3 is 1. The van der Waals surface area contributed by atoms with Crippen molar-refractivity contribution < 1.29 is 32.0 Å². The van der Waals surface area contributed by atoms with E-state index in [9.17, 15) is 18.0 Å². The van der Waals surface area contributed by atoms with Gasteiger partial charge in [-0.05, 0) is 24.3 Å². The van der Waals surface area contributed by atoms with Gasteiger partial charge in [0.25, 0.3) is 0 Å². The molecule has 0 spiro atoms. The van der Waals surface area contributed by atoms with Gasteiger partial charge < -0.3 is 14.0 Å². The van der Waals surface area contributed by atoms with Crippen LogP contribution >= 0.6 is 0 Å². The Balaban J connectivity index is 2.18. The van der Waals surface area contributed by atoms with Gasteiger partial charge in [-0.1, -0.05) is 5.16 Å². The Labute approximate surface area is 110 Å². The first-order chi connectivity index (χ1) is 9.39. The Kier molecular flexibility index (Phi) is 3.59. The summed E-state index contributed by atoms with van der Waals surface area (Å²) in [4.78, 5) is 14.8. The average Bonchev–Trinajstić information content (AvgIpc) is 2.86. The zero-order chi connectivity index (χ0) is 14.8. The van der Waals surface area contributed by atoms with Gasteiger partial charge in [0.05, 0.1) is 7.11 Å². The number of hydrogen-bond acceptors (Lipinski definition) is 6. The van der Waals surface area contributed by atoms with Crippen LogP contribution in [-0.2, 0) is 4.74 Å². The molecule has 0 atom stereocenters. The second-order valence-corrected chi connectivity index (χ2v) is 3.49. The van der Waals surface area contributed by atoms with Gasteiger partial charge in [-0.15, -0.1) is 13.2 Å². The first-order valence-corrected chi connectivity index (χ1v) is 5.17. The maximum atomic E-state index is 12.0. The molecule has 6 nitrogen and oxygen atoms in total. The highest BCUT2D eigenvalue weighted by Crippen LogP contribution is 2.25. The quantitative estimate of drug-likeness (QED) is 0.807. The fourth-order valence-corrected chi connectivity index (χ4v) is 1.32. The molecule has 0 aliphatic carbocycles. The van der Waals surface area contributed by atoms with E-state index < -0.39 is 12.3 Å². The van der Waals surface area contributed by atoms with E-state index in [1.807, 2.05) is 0 Å². The number of esters is 1. The Morgan fingerprint density at radius 2 is 1.90 bits per heavy atom. The highest BCUT2D eigenvalue weighted by molar-refractivity contribution is 5.84. The van der Waals surface area contributed by atoms with Crippen molar-refractivity contribution in [3.05, 3.63) is 30.2 Å². The molecular formula is C11H7F3N2O4. The molecule has 0 fully saturated rings. The highest BCUT2D eigenvalue weighted by Gasteiger charge is 2.31. The van der Waals surface area contributed by atoms with E-state index >= 15 is 0 Å². The number of carbonyl (C=O) groups excluding carboxylic acids is 1. The van der Waals surface area contributed by atoms with E-state index in [2.05, 4.69) is 24.1 Å². The third-order valence-corrected chi connectivity index (χ3v) is 2.13. The minimum absolute atomic E-state index is 0.0453. The summed E-state index contributed by atoms with van der Waals surface area (Å²) in [5.74, 6) is -1.49. The number of halogens is 3. The predicted octanol–water partition coefficient (Wildman–Crippen LogP) is 2.42. The Bertz CT molecular complexity index is 607. The molecule has 0 N–H and O–H groups in total. The largest absolute Gasteiger partial charge is 0.573 e. The van der Waals surface area contributed by atoms with Gasteiger partial charge in [0, 0.05) is 5.56 Å². The van der Waals surface area contributed by atoms with Crippen molar-refractivity contribution in [3.63, 3.8) is 0 Å². The molecule has 2 aromatic rings. The van der Waals surface area contributed by atoms with E-state index in [4.69, 9.17) is 0 Å². The Hall–Kier alpha value is -2.58. The molecule has 0 saturated heterocycles. The van der Waals surface area contributed by atoms with Gasteiger partial charge in [0.1, 0.15) is 5.75 Å². The molecular weight excluding hydrogens is 281 g/mol. The third-order valence-electron chi connectivity index (χ3n) is 2.13. The first-order valence-electron chi connectivity index (χ1n) is 5.17. The number of ether oxygens (including phenoxy) is 2. The minimum atomic E-state index is -4.76. The van der Waals surface area contributed by atoms with Crippen LogP contribution in [0.15, 0.2) is 28.8 Å². The van der Waals surface area contributed by atoms with Crippen molar-refractivity contribution in [3.8, 4) is 17.1 Å². The van der Waals surface area contributed by atoms with Gasteiger partial charge >= 0.3 is 18.2 Å². The van der Waals surface area contributed by atoms with Crippen LogP contribution in [0.5, 0.6) is 5.75 Å². The number of rotatable bonds is 3. The number of benzene rings is 1. The normalized spacial score (nSPS) is 11.2. The second-order valence-electron chi connectivity index (χ2n) is 3.49. The number of hydrogen-bond donors (Lipinski definition) is 0. The molecule has 20 heavy (non-hydrogen) atoms. The van der Waals surface area contributed by atoms with Gasteiger partial charge in [-0.3, -0.25) is 0 Å². The van der Waals surface area contributed by atoms with Crippen LogP contribution in [0.3, 0.4) is 0 Å². The van der Waals surface area contributed by atoms with E-state index in [-0.39, 0.29) is 17.5 Å². The standard InChI is InChI=1S/C11H7F3N2O4/c1-18-10(17)9-15-8(16-20-9)6-2-4-7(5-3-6)19-11(12,13)14/h2-5H,1H3. The van der Waals surface area contributed by atoms with Crippen LogP contribution in [0.4, 0.5) is 13.2 Å². The van der Waals surface area contributed by atoms with Crippen molar-refractivity contribution >= 4 is 5.97 Å². The zero-order valence-electron chi connectivity index (χ0n) is 9.97. The predicted molar refractivity (Wildman–Crippen MR) is 57.8 cm³/mol. The maximum absolute atomic E-state index is 12.0. The number of carbonyl (C=O) groups is 1. The molecule has 0 aliphatic rings. The van der Waals surface area contributed by atoms with Crippen molar-refractivity contribution in [1.82, 2.24) is 10.1 Å². The third kappa shape index (κ3) is 3.25. The summed E-state index contributed by atoms with van der Waals surface area (Å²) < 4.78 is 48.7. The lowest BCUT2D eigenvalue weighted by atomic mass is 10.2. The molecule has 0 amide bonds. The fraction of sp³-hybridized carbons (Fsp3) is 0.182. The van der Waals surface area contributed by atoms with Gasteiger partial charge in [0.15, 0.2) is 0 Å². The van der Waals surface area contributed by atoms with Gasteiger partial charge in [-0.2, -0.15) is 4.98 Å². The van der Waals surface area contributed by atoms with E-state index in [1.165, 1.54) is 12.1 Å². The maximum Gasteiger partial charge on any atom is 0.573 e. The summed E-state index contributed by atoms with van der Waals surface area (Å²) in [5, 5.41) is 3.51. The summed E-state index contributed by atoms with van der Waals surface area (Å²) in [6.45, 7) is 0. The van der Waals surface area contributed by atoms with Crippen LogP contribution < -0.4 is 4.74 Å². The molecule has 0 saturated carbocycles. The fourth-order valence-electron chi connectivity index (χ4n) is 1.32. The van der Waals surface area contributed by atoms with E-state index in [0.717, 1.165) is 19.2 Å². The van der Waals surface area contributed by atoms with Crippen LogP contribution in [0, 0.1) is 0 Å². The lowest BCUT2D eigenvalue weighted by Gasteiger charge is -2.08. The molecule has 0 bridgehead atoms. The lowest BCUT2D eigenvalue weighted by Crippen LogP contribution is -2.16. The summed E-state index contributed by atoms with van der Waals surface area (Å²) in [6.07, 6.45) is -4.76. The van der Waals surface area contributed by atoms with Crippen molar-refractivity contribution in [2.45, 2.75) is 6.36 Å². The van der Waals surface area contributed by atoms with Crippen LogP contribution in [-0.4, -0.2) is 29.6 Å². The average molecular weight is 288 g/mol. The highest BCUT2D eigenvalue weighted by atomic mass is 19.4. The van der Waals surface area contributed by atoms with E-state index in [0.29, 0.717) is 5.56 Å². The smallest absolute Gasteiger partial charge is 0.462 e. The van der Waals surface area contributed by atoms with Crippen LogP contribution in [0.25, 0.3) is 11.4 Å². The topological polar surface area (TPSA) is 74.5 Å². The second kappa shape index (κ2) is 5.19. The molecule has 0 radical (unpaired) electrons.